The van der Waals surface area contributed by atoms with Gasteiger partial charge in [-0.1, -0.05) is 0 Å². The molecule has 1 amide bonds. The summed E-state index contributed by atoms with van der Waals surface area (Å²) in [5, 5.41) is 2.57. The lowest BCUT2D eigenvalue weighted by atomic mass is 10.3. The van der Waals surface area contributed by atoms with Crippen LogP contribution in [0.5, 0.6) is 0 Å². The quantitative estimate of drug-likeness (QED) is 0.489. The molecule has 1 aliphatic heterocycles. The summed E-state index contributed by atoms with van der Waals surface area (Å²) in [6.07, 6.45) is 1.48. The zero-order chi connectivity index (χ0) is 11.3. The van der Waals surface area contributed by atoms with E-state index in [2.05, 4.69) is 10.0 Å². The molecule has 0 radical (unpaired) electrons. The van der Waals surface area contributed by atoms with Crippen molar-refractivity contribution in [2.45, 2.75) is 25.3 Å². The Kier molecular flexibility index (Phi) is 4.49. The molecule has 1 unspecified atom stereocenters. The van der Waals surface area contributed by atoms with E-state index in [4.69, 9.17) is 5.73 Å². The smallest absolute Gasteiger partial charge is 0.221 e. The fourth-order valence-corrected chi connectivity index (χ4v) is 2.81. The summed E-state index contributed by atoms with van der Waals surface area (Å²) in [6, 6.07) is -0.291. The maximum atomic E-state index is 11.5. The zero-order valence-corrected chi connectivity index (χ0v) is 9.35. The molecule has 4 N–H and O–H groups in total. The van der Waals surface area contributed by atoms with E-state index in [9.17, 15) is 13.2 Å². The van der Waals surface area contributed by atoms with Gasteiger partial charge in [-0.2, -0.15) is 0 Å². The monoisotopic (exact) mass is 235 g/mol. The van der Waals surface area contributed by atoms with E-state index in [1.165, 1.54) is 0 Å². The van der Waals surface area contributed by atoms with Crippen molar-refractivity contribution >= 4 is 15.9 Å². The van der Waals surface area contributed by atoms with Crippen LogP contribution in [0.2, 0.25) is 0 Å². The van der Waals surface area contributed by atoms with E-state index >= 15 is 0 Å². The first-order chi connectivity index (χ1) is 7.03. The summed E-state index contributed by atoms with van der Waals surface area (Å²) < 4.78 is 25.4. The number of unbranched alkanes of at least 4 members (excludes halogenated alkanes) is 1. The van der Waals surface area contributed by atoms with Gasteiger partial charge in [0.05, 0.1) is 5.75 Å². The topological polar surface area (TPSA) is 101 Å². The van der Waals surface area contributed by atoms with Gasteiger partial charge < -0.3 is 11.1 Å². The minimum atomic E-state index is -3.26. The number of rotatable bonds is 6. The number of sulfonamides is 1. The first-order valence-electron chi connectivity index (χ1n) is 5.00. The lowest BCUT2D eigenvalue weighted by Gasteiger charge is -2.10. The van der Waals surface area contributed by atoms with E-state index < -0.39 is 10.0 Å². The predicted octanol–water partition coefficient (Wildman–Crippen LogP) is -1.47. The fourth-order valence-electron chi connectivity index (χ4n) is 1.44. The normalized spacial score (nSPS) is 21.7. The third-order valence-corrected chi connectivity index (χ3v) is 3.71. The van der Waals surface area contributed by atoms with Gasteiger partial charge in [0.25, 0.3) is 0 Å². The number of nitrogens with one attached hydrogen (secondary N) is 2. The summed E-state index contributed by atoms with van der Waals surface area (Å²) in [6.45, 7) is 0.883. The van der Waals surface area contributed by atoms with Gasteiger partial charge in [0.2, 0.25) is 15.9 Å². The van der Waals surface area contributed by atoms with E-state index in [1.807, 2.05) is 0 Å². The second-order valence-electron chi connectivity index (χ2n) is 3.64. The Morgan fingerprint density at radius 1 is 1.47 bits per heavy atom. The molecule has 1 saturated heterocycles. The first kappa shape index (κ1) is 12.4. The van der Waals surface area contributed by atoms with Crippen molar-refractivity contribution in [2.24, 2.45) is 5.73 Å². The van der Waals surface area contributed by atoms with Crippen LogP contribution in [0.4, 0.5) is 0 Å². The van der Waals surface area contributed by atoms with Crippen LogP contribution in [0.25, 0.3) is 0 Å². The Bertz CT molecular complexity index is 315. The summed E-state index contributed by atoms with van der Waals surface area (Å²) in [5.41, 5.74) is 5.27. The molecule has 0 aliphatic carbocycles. The molecule has 88 valence electrons. The highest BCUT2D eigenvalue weighted by molar-refractivity contribution is 7.89. The van der Waals surface area contributed by atoms with E-state index in [-0.39, 0.29) is 24.1 Å². The molecule has 0 saturated carbocycles. The average molecular weight is 235 g/mol. The van der Waals surface area contributed by atoms with Crippen LogP contribution in [0.3, 0.4) is 0 Å². The van der Waals surface area contributed by atoms with Crippen molar-refractivity contribution in [1.82, 2.24) is 10.0 Å². The Hall–Kier alpha value is -0.660. The molecule has 1 rings (SSSR count). The number of amides is 1. The van der Waals surface area contributed by atoms with Crippen LogP contribution in [-0.2, 0) is 14.8 Å². The second kappa shape index (κ2) is 5.43. The molecule has 0 aromatic heterocycles. The zero-order valence-electron chi connectivity index (χ0n) is 8.53. The van der Waals surface area contributed by atoms with Crippen molar-refractivity contribution in [3.63, 3.8) is 0 Å². The lowest BCUT2D eigenvalue weighted by Crippen LogP contribution is -2.37. The molecular weight excluding hydrogens is 218 g/mol. The van der Waals surface area contributed by atoms with Crippen molar-refractivity contribution in [1.29, 1.82) is 0 Å². The van der Waals surface area contributed by atoms with Gasteiger partial charge >= 0.3 is 0 Å². The Labute approximate surface area is 89.6 Å². The van der Waals surface area contributed by atoms with Gasteiger partial charge in [-0.3, -0.25) is 4.79 Å². The largest absolute Gasteiger partial charge is 0.354 e. The van der Waals surface area contributed by atoms with Crippen LogP contribution in [-0.4, -0.2) is 39.2 Å². The molecule has 0 aromatic carbocycles. The van der Waals surface area contributed by atoms with Crippen molar-refractivity contribution in [3.8, 4) is 0 Å². The van der Waals surface area contributed by atoms with Crippen LogP contribution in [0, 0.1) is 0 Å². The van der Waals surface area contributed by atoms with Gasteiger partial charge in [-0.15, -0.1) is 0 Å². The van der Waals surface area contributed by atoms with Gasteiger partial charge in [-0.25, -0.2) is 13.1 Å². The molecule has 6 nitrogen and oxygen atoms in total. The van der Waals surface area contributed by atoms with Crippen molar-refractivity contribution in [3.05, 3.63) is 0 Å². The third kappa shape index (κ3) is 4.59. The highest BCUT2D eigenvalue weighted by atomic mass is 32.2. The highest BCUT2D eigenvalue weighted by Gasteiger charge is 2.25. The van der Waals surface area contributed by atoms with Crippen LogP contribution >= 0.6 is 0 Å². The highest BCUT2D eigenvalue weighted by Crippen LogP contribution is 2.02. The van der Waals surface area contributed by atoms with Gasteiger partial charge in [0.15, 0.2) is 0 Å². The molecular formula is C8H17N3O3S. The number of nitrogens with two attached hydrogens (primary N) is 1. The number of carbonyl (C=O) groups excluding carboxylic acids is 1. The second-order valence-corrected chi connectivity index (χ2v) is 5.51. The third-order valence-electron chi connectivity index (χ3n) is 2.19. The number of hydrogen-bond donors (Lipinski definition) is 3. The van der Waals surface area contributed by atoms with E-state index in [0.29, 0.717) is 25.9 Å². The molecule has 1 heterocycles. The molecule has 0 bridgehead atoms. The Morgan fingerprint density at radius 2 is 2.20 bits per heavy atom. The van der Waals surface area contributed by atoms with Crippen LogP contribution in [0.1, 0.15) is 19.3 Å². The molecule has 0 aromatic rings. The van der Waals surface area contributed by atoms with Crippen molar-refractivity contribution in [2.75, 3.05) is 18.8 Å². The summed E-state index contributed by atoms with van der Waals surface area (Å²) in [4.78, 5) is 10.8. The van der Waals surface area contributed by atoms with E-state index in [0.717, 1.165) is 0 Å². The maximum Gasteiger partial charge on any atom is 0.221 e. The summed E-state index contributed by atoms with van der Waals surface area (Å²) >= 11 is 0. The first-order valence-corrected chi connectivity index (χ1v) is 6.65. The SMILES string of the molecule is NCCCCS(=O)(=O)NC1CNC(=O)C1. The standard InChI is InChI=1S/C8H17N3O3S/c9-3-1-2-4-15(13,14)11-7-5-8(12)10-6-7/h7,11H,1-6,9H2,(H,10,12). The molecule has 1 atom stereocenters. The van der Waals surface area contributed by atoms with Gasteiger partial charge in [-0.05, 0) is 19.4 Å². The average Bonchev–Trinajstić information content (AvgIpc) is 2.50. The predicted molar refractivity (Wildman–Crippen MR) is 56.6 cm³/mol. The fraction of sp³-hybridized carbons (Fsp3) is 0.875. The molecule has 1 aliphatic rings. The van der Waals surface area contributed by atoms with E-state index in [1.54, 1.807) is 0 Å². The Balaban J connectivity index is 2.32. The molecule has 15 heavy (non-hydrogen) atoms. The number of carbonyl (C=O) groups is 1. The summed E-state index contributed by atoms with van der Waals surface area (Å²) in [5.74, 6) is -0.0285. The lowest BCUT2D eigenvalue weighted by molar-refractivity contribution is -0.119. The number of hydrogen-bond acceptors (Lipinski definition) is 4. The van der Waals surface area contributed by atoms with Gasteiger partial charge in [0.1, 0.15) is 0 Å². The molecule has 1 fully saturated rings. The minimum Gasteiger partial charge on any atom is -0.354 e. The minimum absolute atomic E-state index is 0.0783. The molecule has 7 heteroatoms. The molecule has 0 spiro atoms. The van der Waals surface area contributed by atoms with Crippen LogP contribution < -0.4 is 15.8 Å². The summed E-state index contributed by atoms with van der Waals surface area (Å²) in [7, 11) is -3.26. The maximum absolute atomic E-state index is 11.5. The Morgan fingerprint density at radius 3 is 2.73 bits per heavy atom. The van der Waals surface area contributed by atoms with Gasteiger partial charge in [0, 0.05) is 19.0 Å². The van der Waals surface area contributed by atoms with Crippen LogP contribution in [0.15, 0.2) is 0 Å². The van der Waals surface area contributed by atoms with Crippen molar-refractivity contribution < 1.29 is 13.2 Å².